The first-order valence-corrected chi connectivity index (χ1v) is 8.77. The maximum Gasteiger partial charge on any atom is 0.222 e. The van der Waals surface area contributed by atoms with Gasteiger partial charge in [0.2, 0.25) is 5.91 Å². The Morgan fingerprint density at radius 1 is 1.13 bits per heavy atom. The maximum atomic E-state index is 12.4. The van der Waals surface area contributed by atoms with Crippen molar-refractivity contribution < 1.29 is 9.53 Å². The third kappa shape index (κ3) is 3.77. The number of aryl methyl sites for hydroxylation is 2. The van der Waals surface area contributed by atoms with Gasteiger partial charge in [-0.2, -0.15) is 0 Å². The van der Waals surface area contributed by atoms with Gasteiger partial charge >= 0.3 is 0 Å². The summed E-state index contributed by atoms with van der Waals surface area (Å²) in [5.41, 5.74) is 2.32. The molecule has 0 N–H and O–H groups in total. The van der Waals surface area contributed by atoms with Crippen LogP contribution in [0.15, 0.2) is 30.4 Å². The topological polar surface area (TPSA) is 29.5 Å². The molecule has 1 aliphatic carbocycles. The van der Waals surface area contributed by atoms with Crippen LogP contribution in [0.4, 0.5) is 0 Å². The van der Waals surface area contributed by atoms with Gasteiger partial charge in [-0.1, -0.05) is 30.4 Å². The summed E-state index contributed by atoms with van der Waals surface area (Å²) in [7, 11) is 0. The summed E-state index contributed by atoms with van der Waals surface area (Å²) in [6.07, 6.45) is 8.21. The largest absolute Gasteiger partial charge is 0.493 e. The molecule has 3 nitrogen and oxygen atoms in total. The number of para-hydroxylation sites is 1. The third-order valence-electron chi connectivity index (χ3n) is 5.16. The zero-order valence-electron chi connectivity index (χ0n) is 14.3. The summed E-state index contributed by atoms with van der Waals surface area (Å²) in [4.78, 5) is 14.5. The van der Waals surface area contributed by atoms with E-state index in [0.717, 1.165) is 49.2 Å². The molecule has 0 radical (unpaired) electrons. The smallest absolute Gasteiger partial charge is 0.222 e. The van der Waals surface area contributed by atoms with E-state index in [1.54, 1.807) is 0 Å². The molecule has 0 aromatic heterocycles. The molecule has 1 amide bonds. The van der Waals surface area contributed by atoms with Gasteiger partial charge < -0.3 is 9.64 Å². The van der Waals surface area contributed by atoms with Crippen LogP contribution in [0.5, 0.6) is 5.75 Å². The summed E-state index contributed by atoms with van der Waals surface area (Å²) in [5, 5.41) is 0. The summed E-state index contributed by atoms with van der Waals surface area (Å²) >= 11 is 0. The van der Waals surface area contributed by atoms with Crippen LogP contribution in [0.2, 0.25) is 0 Å². The number of benzene rings is 1. The van der Waals surface area contributed by atoms with Gasteiger partial charge in [0.05, 0.1) is 6.61 Å². The highest BCUT2D eigenvalue weighted by Gasteiger charge is 2.34. The van der Waals surface area contributed by atoms with Crippen molar-refractivity contribution in [2.75, 3.05) is 19.7 Å². The Labute approximate surface area is 139 Å². The van der Waals surface area contributed by atoms with E-state index in [2.05, 4.69) is 43.0 Å². The SMILES string of the molecule is Cc1cccc(C)c1OCCCC(=O)N1CC2CC=CCC2C1. The fourth-order valence-electron chi connectivity index (χ4n) is 3.80. The van der Waals surface area contributed by atoms with Gasteiger partial charge in [-0.05, 0) is 56.1 Å². The molecule has 1 saturated heterocycles. The molecule has 2 aliphatic rings. The van der Waals surface area contributed by atoms with Gasteiger partial charge in [-0.25, -0.2) is 0 Å². The lowest BCUT2D eigenvalue weighted by Crippen LogP contribution is -2.29. The van der Waals surface area contributed by atoms with E-state index in [4.69, 9.17) is 4.74 Å². The number of ether oxygens (including phenoxy) is 1. The monoisotopic (exact) mass is 313 g/mol. The van der Waals surface area contributed by atoms with Crippen LogP contribution in [0.3, 0.4) is 0 Å². The molecule has 23 heavy (non-hydrogen) atoms. The van der Waals surface area contributed by atoms with E-state index in [0.29, 0.717) is 30.8 Å². The number of fused-ring (bicyclic) bond motifs is 1. The van der Waals surface area contributed by atoms with Crippen molar-refractivity contribution in [1.29, 1.82) is 0 Å². The second-order valence-electron chi connectivity index (χ2n) is 6.93. The summed E-state index contributed by atoms with van der Waals surface area (Å²) in [5.74, 6) is 2.65. The van der Waals surface area contributed by atoms with Crippen LogP contribution in [-0.2, 0) is 4.79 Å². The zero-order valence-corrected chi connectivity index (χ0v) is 14.3. The number of carbonyl (C=O) groups is 1. The van der Waals surface area contributed by atoms with Crippen molar-refractivity contribution in [2.45, 2.75) is 39.5 Å². The first-order valence-electron chi connectivity index (χ1n) is 8.77. The zero-order chi connectivity index (χ0) is 16.2. The van der Waals surface area contributed by atoms with E-state index < -0.39 is 0 Å². The number of carbonyl (C=O) groups excluding carboxylic acids is 1. The number of amides is 1. The number of allylic oxidation sites excluding steroid dienone is 2. The summed E-state index contributed by atoms with van der Waals surface area (Å²) in [6.45, 7) is 6.64. The minimum Gasteiger partial charge on any atom is -0.493 e. The number of hydrogen-bond acceptors (Lipinski definition) is 2. The highest BCUT2D eigenvalue weighted by molar-refractivity contribution is 5.76. The Morgan fingerprint density at radius 2 is 1.74 bits per heavy atom. The van der Waals surface area contributed by atoms with Crippen molar-refractivity contribution >= 4 is 5.91 Å². The van der Waals surface area contributed by atoms with E-state index in [1.807, 2.05) is 6.07 Å². The van der Waals surface area contributed by atoms with Crippen molar-refractivity contribution in [1.82, 2.24) is 4.90 Å². The van der Waals surface area contributed by atoms with E-state index in [-0.39, 0.29) is 0 Å². The van der Waals surface area contributed by atoms with Crippen LogP contribution in [0.1, 0.15) is 36.8 Å². The fraction of sp³-hybridized carbons (Fsp3) is 0.550. The van der Waals surface area contributed by atoms with Crippen molar-refractivity contribution in [3.05, 3.63) is 41.5 Å². The van der Waals surface area contributed by atoms with Gasteiger partial charge in [0.1, 0.15) is 5.75 Å². The van der Waals surface area contributed by atoms with E-state index in [9.17, 15) is 4.79 Å². The van der Waals surface area contributed by atoms with Gasteiger partial charge in [-0.3, -0.25) is 4.79 Å². The van der Waals surface area contributed by atoms with Crippen molar-refractivity contribution in [3.8, 4) is 5.75 Å². The molecule has 3 rings (SSSR count). The predicted octanol–water partition coefficient (Wildman–Crippen LogP) is 3.89. The van der Waals surface area contributed by atoms with Gasteiger partial charge in [0.15, 0.2) is 0 Å². The quantitative estimate of drug-likeness (QED) is 0.610. The lowest BCUT2D eigenvalue weighted by Gasteiger charge is -2.17. The second-order valence-corrected chi connectivity index (χ2v) is 6.93. The Kier molecular flexibility index (Phi) is 5.04. The Morgan fingerprint density at radius 3 is 2.35 bits per heavy atom. The summed E-state index contributed by atoms with van der Waals surface area (Å²) < 4.78 is 5.89. The average Bonchev–Trinajstić information content (AvgIpc) is 2.97. The Bertz CT molecular complexity index is 557. The molecule has 1 aromatic rings. The number of likely N-dealkylation sites (tertiary alicyclic amines) is 1. The molecule has 0 saturated carbocycles. The second kappa shape index (κ2) is 7.20. The first-order chi connectivity index (χ1) is 11.1. The number of nitrogens with zero attached hydrogens (tertiary/aromatic N) is 1. The highest BCUT2D eigenvalue weighted by atomic mass is 16.5. The van der Waals surface area contributed by atoms with Gasteiger partial charge in [0.25, 0.3) is 0 Å². The molecule has 2 unspecified atom stereocenters. The minimum absolute atomic E-state index is 0.296. The van der Waals surface area contributed by atoms with Crippen molar-refractivity contribution in [3.63, 3.8) is 0 Å². The molecule has 0 bridgehead atoms. The molecular formula is C20H27NO2. The van der Waals surface area contributed by atoms with Crippen LogP contribution >= 0.6 is 0 Å². The van der Waals surface area contributed by atoms with E-state index in [1.165, 1.54) is 0 Å². The molecule has 124 valence electrons. The standard InChI is InChI=1S/C20H27NO2/c1-15-7-5-8-16(2)20(15)23-12-6-11-19(22)21-13-17-9-3-4-10-18(17)14-21/h3-5,7-8,17-18H,6,9-14H2,1-2H3. The lowest BCUT2D eigenvalue weighted by atomic mass is 9.86. The molecule has 3 heteroatoms. The normalized spacial score (nSPS) is 23.0. The number of hydrogen-bond donors (Lipinski definition) is 0. The molecule has 1 aromatic carbocycles. The first kappa shape index (κ1) is 16.1. The predicted molar refractivity (Wildman–Crippen MR) is 92.6 cm³/mol. The van der Waals surface area contributed by atoms with Crippen LogP contribution < -0.4 is 4.74 Å². The Balaban J connectivity index is 1.42. The molecule has 2 atom stereocenters. The molecule has 1 fully saturated rings. The fourth-order valence-corrected chi connectivity index (χ4v) is 3.80. The molecular weight excluding hydrogens is 286 g/mol. The van der Waals surface area contributed by atoms with Crippen LogP contribution in [-0.4, -0.2) is 30.5 Å². The minimum atomic E-state index is 0.296. The van der Waals surface area contributed by atoms with Crippen molar-refractivity contribution in [2.24, 2.45) is 11.8 Å². The van der Waals surface area contributed by atoms with E-state index >= 15 is 0 Å². The van der Waals surface area contributed by atoms with Crippen LogP contribution in [0.25, 0.3) is 0 Å². The lowest BCUT2D eigenvalue weighted by molar-refractivity contribution is -0.130. The van der Waals surface area contributed by atoms with Gasteiger partial charge in [0, 0.05) is 19.5 Å². The highest BCUT2D eigenvalue weighted by Crippen LogP contribution is 2.33. The Hall–Kier alpha value is -1.77. The van der Waals surface area contributed by atoms with Gasteiger partial charge in [-0.15, -0.1) is 0 Å². The molecule has 1 heterocycles. The average molecular weight is 313 g/mol. The third-order valence-corrected chi connectivity index (χ3v) is 5.16. The molecule has 0 spiro atoms. The maximum absolute atomic E-state index is 12.4. The molecule has 1 aliphatic heterocycles. The van der Waals surface area contributed by atoms with Crippen LogP contribution in [0, 0.1) is 25.7 Å². The number of rotatable bonds is 5. The summed E-state index contributed by atoms with van der Waals surface area (Å²) in [6, 6.07) is 6.17.